The zero-order valence-electron chi connectivity index (χ0n) is 12.7. The number of hydrogen-bond donors (Lipinski definition) is 1. The van der Waals surface area contributed by atoms with Crippen LogP contribution in [0.1, 0.15) is 21.5 Å². The van der Waals surface area contributed by atoms with Crippen LogP contribution in [0, 0.1) is 12.7 Å². The van der Waals surface area contributed by atoms with Gasteiger partial charge in [-0.3, -0.25) is 0 Å². The number of benzene rings is 2. The maximum Gasteiger partial charge on any atom is 0.340 e. The van der Waals surface area contributed by atoms with E-state index in [1.165, 1.54) is 12.3 Å². The number of carbonyl (C=O) groups excluding carboxylic acids is 1. The summed E-state index contributed by atoms with van der Waals surface area (Å²) in [5.41, 5.74) is 3.39. The van der Waals surface area contributed by atoms with Crippen molar-refractivity contribution in [3.05, 3.63) is 83.3 Å². The predicted octanol–water partition coefficient (Wildman–Crippen LogP) is 4.49. The van der Waals surface area contributed by atoms with Crippen LogP contribution in [0.2, 0.25) is 0 Å². The lowest BCUT2D eigenvalue weighted by atomic mass is 10.1. The number of aromatic nitrogens is 1. The molecule has 0 spiro atoms. The predicted molar refractivity (Wildman–Crippen MR) is 86.5 cm³/mol. The van der Waals surface area contributed by atoms with Crippen LogP contribution in [0.25, 0.3) is 11.3 Å². The Morgan fingerprint density at radius 2 is 1.96 bits per heavy atom. The van der Waals surface area contributed by atoms with Crippen LogP contribution in [0.15, 0.2) is 60.8 Å². The highest BCUT2D eigenvalue weighted by molar-refractivity contribution is 5.90. The maximum absolute atomic E-state index is 13.8. The molecule has 0 saturated carbocycles. The number of carbonyl (C=O) groups is 1. The SMILES string of the molecule is Cc1cccc(COC(=O)c2c[nH]c(-c3ccccc3F)c2)c1. The summed E-state index contributed by atoms with van der Waals surface area (Å²) in [5, 5.41) is 0. The molecular formula is C19H16FNO2. The molecule has 0 aliphatic rings. The molecule has 2 aromatic carbocycles. The Morgan fingerprint density at radius 1 is 1.13 bits per heavy atom. The first-order valence-corrected chi connectivity index (χ1v) is 7.29. The number of rotatable bonds is 4. The number of nitrogens with one attached hydrogen (secondary N) is 1. The van der Waals surface area contributed by atoms with E-state index >= 15 is 0 Å². The zero-order valence-corrected chi connectivity index (χ0v) is 12.7. The van der Waals surface area contributed by atoms with Gasteiger partial charge in [0, 0.05) is 17.5 Å². The van der Waals surface area contributed by atoms with E-state index in [4.69, 9.17) is 4.74 Å². The highest BCUT2D eigenvalue weighted by atomic mass is 19.1. The second-order valence-corrected chi connectivity index (χ2v) is 5.35. The van der Waals surface area contributed by atoms with Crippen LogP contribution in [0.5, 0.6) is 0 Å². The normalized spacial score (nSPS) is 10.5. The van der Waals surface area contributed by atoms with Crippen molar-refractivity contribution in [1.29, 1.82) is 0 Å². The molecule has 0 aliphatic heterocycles. The van der Waals surface area contributed by atoms with Crippen molar-refractivity contribution in [2.24, 2.45) is 0 Å². The molecule has 0 aliphatic carbocycles. The lowest BCUT2D eigenvalue weighted by Gasteiger charge is -2.04. The third-order valence-corrected chi connectivity index (χ3v) is 3.54. The Kier molecular flexibility index (Phi) is 4.24. The van der Waals surface area contributed by atoms with E-state index in [1.54, 1.807) is 24.3 Å². The van der Waals surface area contributed by atoms with Crippen LogP contribution < -0.4 is 0 Å². The minimum absolute atomic E-state index is 0.209. The average Bonchev–Trinajstić information content (AvgIpc) is 3.03. The van der Waals surface area contributed by atoms with E-state index in [2.05, 4.69) is 4.98 Å². The zero-order chi connectivity index (χ0) is 16.2. The van der Waals surface area contributed by atoms with Gasteiger partial charge in [0.05, 0.1) is 5.56 Å². The van der Waals surface area contributed by atoms with E-state index in [0.29, 0.717) is 16.8 Å². The molecule has 0 radical (unpaired) electrons. The number of ether oxygens (including phenoxy) is 1. The fourth-order valence-electron chi connectivity index (χ4n) is 2.38. The Balaban J connectivity index is 1.70. The molecule has 23 heavy (non-hydrogen) atoms. The molecule has 0 saturated heterocycles. The van der Waals surface area contributed by atoms with E-state index in [9.17, 15) is 9.18 Å². The molecule has 0 atom stereocenters. The molecule has 0 fully saturated rings. The van der Waals surface area contributed by atoms with Crippen LogP contribution in [-0.4, -0.2) is 11.0 Å². The molecule has 1 aromatic heterocycles. The van der Waals surface area contributed by atoms with Crippen molar-refractivity contribution in [3.63, 3.8) is 0 Å². The first-order chi connectivity index (χ1) is 11.1. The van der Waals surface area contributed by atoms with Crippen molar-refractivity contribution in [2.75, 3.05) is 0 Å². The maximum atomic E-state index is 13.8. The Labute approximate surface area is 133 Å². The van der Waals surface area contributed by atoms with E-state index in [1.807, 2.05) is 31.2 Å². The van der Waals surface area contributed by atoms with Gasteiger partial charge in [0.25, 0.3) is 0 Å². The topological polar surface area (TPSA) is 42.1 Å². The van der Waals surface area contributed by atoms with Gasteiger partial charge in [-0.05, 0) is 30.7 Å². The second-order valence-electron chi connectivity index (χ2n) is 5.35. The molecular weight excluding hydrogens is 293 g/mol. The Morgan fingerprint density at radius 3 is 2.74 bits per heavy atom. The monoisotopic (exact) mass is 309 g/mol. The standard InChI is InChI=1S/C19H16FNO2/c1-13-5-4-6-14(9-13)12-23-19(22)15-10-18(21-11-15)16-7-2-3-8-17(16)20/h2-11,21H,12H2,1H3. The van der Waals surface area contributed by atoms with Crippen LogP contribution in [0.3, 0.4) is 0 Å². The summed E-state index contributed by atoms with van der Waals surface area (Å²) >= 11 is 0. The first kappa shape index (κ1) is 15.0. The summed E-state index contributed by atoms with van der Waals surface area (Å²) in [6.45, 7) is 2.19. The van der Waals surface area contributed by atoms with Crippen molar-refractivity contribution in [3.8, 4) is 11.3 Å². The number of H-pyrrole nitrogens is 1. The number of aromatic amines is 1. The second kappa shape index (κ2) is 6.48. The number of aryl methyl sites for hydroxylation is 1. The average molecular weight is 309 g/mol. The summed E-state index contributed by atoms with van der Waals surface area (Å²) < 4.78 is 19.1. The molecule has 0 bridgehead atoms. The molecule has 0 amide bonds. The summed E-state index contributed by atoms with van der Waals surface area (Å²) in [6.07, 6.45) is 1.53. The van der Waals surface area contributed by atoms with Gasteiger partial charge in [0.1, 0.15) is 12.4 Å². The first-order valence-electron chi connectivity index (χ1n) is 7.29. The summed E-state index contributed by atoms with van der Waals surface area (Å²) in [6, 6.07) is 15.8. The minimum atomic E-state index is -0.439. The molecule has 116 valence electrons. The molecule has 4 heteroatoms. The van der Waals surface area contributed by atoms with Crippen molar-refractivity contribution >= 4 is 5.97 Å². The van der Waals surface area contributed by atoms with Gasteiger partial charge < -0.3 is 9.72 Å². The number of halogens is 1. The van der Waals surface area contributed by atoms with Crippen molar-refractivity contribution in [1.82, 2.24) is 4.98 Å². The van der Waals surface area contributed by atoms with E-state index in [-0.39, 0.29) is 12.4 Å². The quantitative estimate of drug-likeness (QED) is 0.722. The smallest absolute Gasteiger partial charge is 0.340 e. The molecule has 0 unspecified atom stereocenters. The fourth-order valence-corrected chi connectivity index (χ4v) is 2.38. The fraction of sp³-hybridized carbons (Fsp3) is 0.105. The molecule has 3 rings (SSSR count). The minimum Gasteiger partial charge on any atom is -0.457 e. The molecule has 1 N–H and O–H groups in total. The third-order valence-electron chi connectivity index (χ3n) is 3.54. The van der Waals surface area contributed by atoms with Gasteiger partial charge >= 0.3 is 5.97 Å². The third kappa shape index (κ3) is 3.48. The number of hydrogen-bond acceptors (Lipinski definition) is 2. The van der Waals surface area contributed by atoms with Crippen molar-refractivity contribution in [2.45, 2.75) is 13.5 Å². The summed E-state index contributed by atoms with van der Waals surface area (Å²) in [7, 11) is 0. The Hall–Kier alpha value is -2.88. The van der Waals surface area contributed by atoms with Crippen LogP contribution in [-0.2, 0) is 11.3 Å². The van der Waals surface area contributed by atoms with E-state index in [0.717, 1.165) is 11.1 Å². The van der Waals surface area contributed by atoms with E-state index < -0.39 is 5.97 Å². The lowest BCUT2D eigenvalue weighted by molar-refractivity contribution is 0.0473. The highest BCUT2D eigenvalue weighted by Crippen LogP contribution is 2.22. The van der Waals surface area contributed by atoms with Gasteiger partial charge in [0.15, 0.2) is 0 Å². The summed E-state index contributed by atoms with van der Waals surface area (Å²) in [5.74, 6) is -0.778. The molecule has 3 aromatic rings. The largest absolute Gasteiger partial charge is 0.457 e. The lowest BCUT2D eigenvalue weighted by Crippen LogP contribution is -2.04. The highest BCUT2D eigenvalue weighted by Gasteiger charge is 2.13. The number of esters is 1. The van der Waals surface area contributed by atoms with Crippen LogP contribution in [0.4, 0.5) is 4.39 Å². The molecule has 3 nitrogen and oxygen atoms in total. The van der Waals surface area contributed by atoms with Gasteiger partial charge in [-0.1, -0.05) is 42.0 Å². The van der Waals surface area contributed by atoms with Gasteiger partial charge in [-0.25, -0.2) is 9.18 Å². The van der Waals surface area contributed by atoms with Crippen molar-refractivity contribution < 1.29 is 13.9 Å². The van der Waals surface area contributed by atoms with Gasteiger partial charge in [0.2, 0.25) is 0 Å². The molecule has 1 heterocycles. The van der Waals surface area contributed by atoms with Crippen LogP contribution >= 0.6 is 0 Å². The summed E-state index contributed by atoms with van der Waals surface area (Å²) in [4.78, 5) is 15.0. The van der Waals surface area contributed by atoms with Gasteiger partial charge in [-0.15, -0.1) is 0 Å². The van der Waals surface area contributed by atoms with Gasteiger partial charge in [-0.2, -0.15) is 0 Å². The Bertz CT molecular complexity index is 839.